The SMILES string of the molecule is Nc1cc(F)c(F)cc1-c1ccnc(F)c1. The maximum absolute atomic E-state index is 13.0. The number of benzene rings is 1. The highest BCUT2D eigenvalue weighted by Crippen LogP contribution is 2.27. The molecule has 82 valence electrons. The predicted octanol–water partition coefficient (Wildman–Crippen LogP) is 2.75. The Morgan fingerprint density at radius 2 is 1.69 bits per heavy atom. The van der Waals surface area contributed by atoms with Gasteiger partial charge in [0.2, 0.25) is 5.95 Å². The number of halogens is 3. The average Bonchev–Trinajstić information content (AvgIpc) is 2.23. The summed E-state index contributed by atoms with van der Waals surface area (Å²) >= 11 is 0. The standard InChI is InChI=1S/C11H7F3N2/c12-8-4-7(10(15)5-9(8)13)6-1-2-16-11(14)3-6/h1-5H,15H2. The van der Waals surface area contributed by atoms with Crippen molar-refractivity contribution in [1.29, 1.82) is 0 Å². The van der Waals surface area contributed by atoms with Crippen LogP contribution in [0.2, 0.25) is 0 Å². The van der Waals surface area contributed by atoms with Gasteiger partial charge in [-0.1, -0.05) is 0 Å². The Hall–Kier alpha value is -2.04. The predicted molar refractivity (Wildman–Crippen MR) is 54.0 cm³/mol. The van der Waals surface area contributed by atoms with Gasteiger partial charge in [0, 0.05) is 29.6 Å². The number of nitrogens with zero attached hydrogens (tertiary/aromatic N) is 1. The molecule has 0 atom stereocenters. The Morgan fingerprint density at radius 1 is 1.00 bits per heavy atom. The van der Waals surface area contributed by atoms with Crippen LogP contribution in [0, 0.1) is 17.6 Å². The summed E-state index contributed by atoms with van der Waals surface area (Å²) in [6.45, 7) is 0. The smallest absolute Gasteiger partial charge is 0.213 e. The van der Waals surface area contributed by atoms with Crippen molar-refractivity contribution in [2.75, 3.05) is 5.73 Å². The third-order valence-electron chi connectivity index (χ3n) is 2.13. The largest absolute Gasteiger partial charge is 0.398 e. The van der Waals surface area contributed by atoms with Gasteiger partial charge in [-0.15, -0.1) is 0 Å². The van der Waals surface area contributed by atoms with E-state index in [0.29, 0.717) is 5.56 Å². The number of rotatable bonds is 1. The summed E-state index contributed by atoms with van der Waals surface area (Å²) in [5, 5.41) is 0. The van der Waals surface area contributed by atoms with Crippen LogP contribution < -0.4 is 5.73 Å². The van der Waals surface area contributed by atoms with E-state index >= 15 is 0 Å². The van der Waals surface area contributed by atoms with Crippen LogP contribution in [-0.2, 0) is 0 Å². The molecule has 0 unspecified atom stereocenters. The molecule has 0 saturated heterocycles. The Morgan fingerprint density at radius 3 is 2.38 bits per heavy atom. The molecule has 1 aromatic heterocycles. The highest BCUT2D eigenvalue weighted by atomic mass is 19.2. The normalized spacial score (nSPS) is 10.4. The van der Waals surface area contributed by atoms with Gasteiger partial charge < -0.3 is 5.73 Å². The fourth-order valence-electron chi connectivity index (χ4n) is 1.38. The molecule has 0 amide bonds. The third kappa shape index (κ3) is 1.84. The lowest BCUT2D eigenvalue weighted by Crippen LogP contribution is -1.95. The van der Waals surface area contributed by atoms with E-state index in [1.807, 2.05) is 0 Å². The molecule has 5 heteroatoms. The first-order chi connectivity index (χ1) is 7.58. The second kappa shape index (κ2) is 3.84. The topological polar surface area (TPSA) is 38.9 Å². The maximum atomic E-state index is 13.0. The number of aromatic nitrogens is 1. The van der Waals surface area contributed by atoms with E-state index in [-0.39, 0.29) is 11.3 Å². The highest BCUT2D eigenvalue weighted by Gasteiger charge is 2.10. The van der Waals surface area contributed by atoms with Gasteiger partial charge in [-0.2, -0.15) is 4.39 Å². The van der Waals surface area contributed by atoms with Gasteiger partial charge in [-0.05, 0) is 17.7 Å². The minimum Gasteiger partial charge on any atom is -0.398 e. The van der Waals surface area contributed by atoms with Crippen LogP contribution in [-0.4, -0.2) is 4.98 Å². The second-order valence-electron chi connectivity index (χ2n) is 3.22. The van der Waals surface area contributed by atoms with Gasteiger partial charge in [0.25, 0.3) is 0 Å². The number of pyridine rings is 1. The zero-order valence-corrected chi connectivity index (χ0v) is 8.05. The molecule has 0 fully saturated rings. The van der Waals surface area contributed by atoms with Crippen LogP contribution in [0.4, 0.5) is 18.9 Å². The van der Waals surface area contributed by atoms with Crippen molar-refractivity contribution in [2.24, 2.45) is 0 Å². The maximum Gasteiger partial charge on any atom is 0.213 e. The molecule has 1 heterocycles. The highest BCUT2D eigenvalue weighted by molar-refractivity contribution is 5.76. The summed E-state index contributed by atoms with van der Waals surface area (Å²) < 4.78 is 38.7. The van der Waals surface area contributed by atoms with Crippen molar-refractivity contribution < 1.29 is 13.2 Å². The molecule has 0 aliphatic carbocycles. The first kappa shape index (κ1) is 10.5. The van der Waals surface area contributed by atoms with Crippen molar-refractivity contribution in [3.05, 3.63) is 48.0 Å². The van der Waals surface area contributed by atoms with Crippen LogP contribution >= 0.6 is 0 Å². The minimum absolute atomic E-state index is 0.0458. The summed E-state index contributed by atoms with van der Waals surface area (Å²) in [5.41, 5.74) is 6.16. The molecular formula is C11H7F3N2. The quantitative estimate of drug-likeness (QED) is 0.597. The first-order valence-corrected chi connectivity index (χ1v) is 4.44. The van der Waals surface area contributed by atoms with Crippen molar-refractivity contribution in [2.45, 2.75) is 0 Å². The van der Waals surface area contributed by atoms with E-state index in [2.05, 4.69) is 4.98 Å². The molecule has 1 aromatic carbocycles. The lowest BCUT2D eigenvalue weighted by atomic mass is 10.0. The van der Waals surface area contributed by atoms with E-state index < -0.39 is 17.6 Å². The molecule has 0 aliphatic heterocycles. The molecule has 0 spiro atoms. The van der Waals surface area contributed by atoms with Crippen LogP contribution in [0.25, 0.3) is 11.1 Å². The number of nitrogen functional groups attached to an aromatic ring is 1. The Bertz CT molecular complexity index is 541. The van der Waals surface area contributed by atoms with Gasteiger partial charge in [0.05, 0.1) is 0 Å². The fraction of sp³-hybridized carbons (Fsp3) is 0. The van der Waals surface area contributed by atoms with E-state index in [4.69, 9.17) is 5.73 Å². The summed E-state index contributed by atoms with van der Waals surface area (Å²) in [4.78, 5) is 3.36. The average molecular weight is 224 g/mol. The van der Waals surface area contributed by atoms with Crippen LogP contribution in [0.15, 0.2) is 30.5 Å². The minimum atomic E-state index is -1.03. The molecule has 0 radical (unpaired) electrons. The van der Waals surface area contributed by atoms with E-state index in [1.54, 1.807) is 0 Å². The molecule has 0 bridgehead atoms. The monoisotopic (exact) mass is 224 g/mol. The fourth-order valence-corrected chi connectivity index (χ4v) is 1.38. The summed E-state index contributed by atoms with van der Waals surface area (Å²) in [7, 11) is 0. The molecule has 2 nitrogen and oxygen atoms in total. The van der Waals surface area contributed by atoms with E-state index in [0.717, 1.165) is 18.2 Å². The zero-order chi connectivity index (χ0) is 11.7. The third-order valence-corrected chi connectivity index (χ3v) is 2.13. The number of anilines is 1. The van der Waals surface area contributed by atoms with Crippen LogP contribution in [0.5, 0.6) is 0 Å². The molecule has 0 saturated carbocycles. The Kier molecular flexibility index (Phi) is 2.52. The number of nitrogens with two attached hydrogens (primary N) is 1. The van der Waals surface area contributed by atoms with Crippen molar-refractivity contribution in [3.8, 4) is 11.1 Å². The van der Waals surface area contributed by atoms with Gasteiger partial charge in [0.15, 0.2) is 11.6 Å². The Balaban J connectivity index is 2.60. The van der Waals surface area contributed by atoms with Gasteiger partial charge in [0.1, 0.15) is 0 Å². The van der Waals surface area contributed by atoms with Crippen molar-refractivity contribution in [3.63, 3.8) is 0 Å². The van der Waals surface area contributed by atoms with Crippen LogP contribution in [0.1, 0.15) is 0 Å². The molecule has 2 N–H and O–H groups in total. The first-order valence-electron chi connectivity index (χ1n) is 4.44. The number of hydrogen-bond acceptors (Lipinski definition) is 2. The number of hydrogen-bond donors (Lipinski definition) is 1. The van der Waals surface area contributed by atoms with Crippen molar-refractivity contribution >= 4 is 5.69 Å². The molecular weight excluding hydrogens is 217 g/mol. The van der Waals surface area contributed by atoms with Crippen molar-refractivity contribution in [1.82, 2.24) is 4.98 Å². The van der Waals surface area contributed by atoms with E-state index in [1.165, 1.54) is 12.3 Å². The molecule has 16 heavy (non-hydrogen) atoms. The summed E-state index contributed by atoms with van der Waals surface area (Å²) in [5.74, 6) is -2.76. The molecule has 0 aliphatic rings. The summed E-state index contributed by atoms with van der Waals surface area (Å²) in [6, 6.07) is 4.36. The zero-order valence-electron chi connectivity index (χ0n) is 8.05. The van der Waals surface area contributed by atoms with E-state index in [9.17, 15) is 13.2 Å². The summed E-state index contributed by atoms with van der Waals surface area (Å²) in [6.07, 6.45) is 1.23. The van der Waals surface area contributed by atoms with Crippen LogP contribution in [0.3, 0.4) is 0 Å². The molecule has 2 aromatic rings. The van der Waals surface area contributed by atoms with Gasteiger partial charge >= 0.3 is 0 Å². The van der Waals surface area contributed by atoms with Gasteiger partial charge in [-0.25, -0.2) is 13.8 Å². The second-order valence-corrected chi connectivity index (χ2v) is 3.22. The lowest BCUT2D eigenvalue weighted by molar-refractivity contribution is 0.509. The van der Waals surface area contributed by atoms with Gasteiger partial charge in [-0.3, -0.25) is 0 Å². The molecule has 2 rings (SSSR count). The Labute approximate surface area is 89.5 Å². The lowest BCUT2D eigenvalue weighted by Gasteiger charge is -2.06.